The summed E-state index contributed by atoms with van der Waals surface area (Å²) in [5, 5.41) is 11.5. The number of aromatic nitrogens is 1. The van der Waals surface area contributed by atoms with Crippen LogP contribution in [0, 0.1) is 6.92 Å². The SMILES string of the molecule is Cc1cccc(Oc2ccc(N3C(=O)C(=O)/C(=C(\O)c4ccc5c(c4)CCCC5)C3c3cccnc3)cc2)c1. The number of ketones is 1. The summed E-state index contributed by atoms with van der Waals surface area (Å²) < 4.78 is 5.97. The quantitative estimate of drug-likeness (QED) is 0.182. The van der Waals surface area contributed by atoms with Gasteiger partial charge >= 0.3 is 0 Å². The number of ether oxygens (including phenoxy) is 1. The highest BCUT2D eigenvalue weighted by atomic mass is 16.5. The van der Waals surface area contributed by atoms with Crippen molar-refractivity contribution in [2.24, 2.45) is 0 Å². The van der Waals surface area contributed by atoms with Crippen LogP contribution in [0.4, 0.5) is 5.69 Å². The van der Waals surface area contributed by atoms with Crippen LogP contribution in [-0.2, 0) is 22.4 Å². The maximum absolute atomic E-state index is 13.5. The third kappa shape index (κ3) is 4.70. The van der Waals surface area contributed by atoms with Crippen LogP contribution in [0.3, 0.4) is 0 Å². The van der Waals surface area contributed by atoms with Gasteiger partial charge in [0, 0.05) is 23.6 Å². The summed E-state index contributed by atoms with van der Waals surface area (Å²) in [4.78, 5) is 32.6. The van der Waals surface area contributed by atoms with Crippen molar-refractivity contribution in [3.8, 4) is 11.5 Å². The van der Waals surface area contributed by atoms with Gasteiger partial charge in [-0.2, -0.15) is 0 Å². The van der Waals surface area contributed by atoms with Gasteiger partial charge in [-0.3, -0.25) is 19.5 Å². The number of Topliss-reactive ketones (excluding diaryl/α,β-unsaturated/α-hetero) is 1. The summed E-state index contributed by atoms with van der Waals surface area (Å²) in [6, 6.07) is 23.3. The van der Waals surface area contributed by atoms with Gasteiger partial charge in [0.05, 0.1) is 11.6 Å². The molecule has 6 nitrogen and oxygen atoms in total. The van der Waals surface area contributed by atoms with Crippen molar-refractivity contribution in [2.45, 2.75) is 38.6 Å². The molecule has 6 heteroatoms. The number of amides is 1. The van der Waals surface area contributed by atoms with Crippen LogP contribution in [-0.4, -0.2) is 21.8 Å². The molecule has 2 heterocycles. The van der Waals surface area contributed by atoms with Crippen molar-refractivity contribution in [1.82, 2.24) is 4.98 Å². The molecule has 0 radical (unpaired) electrons. The second-order valence-electron chi connectivity index (χ2n) is 10.1. The van der Waals surface area contributed by atoms with Gasteiger partial charge in [-0.1, -0.05) is 30.3 Å². The zero-order chi connectivity index (χ0) is 26.9. The number of aryl methyl sites for hydroxylation is 3. The van der Waals surface area contributed by atoms with Crippen LogP contribution < -0.4 is 9.64 Å². The van der Waals surface area contributed by atoms with Gasteiger partial charge in [0.15, 0.2) is 0 Å². The molecule has 2 aliphatic rings. The molecule has 3 aromatic carbocycles. The second kappa shape index (κ2) is 10.2. The first kappa shape index (κ1) is 24.6. The van der Waals surface area contributed by atoms with Gasteiger partial charge in [-0.15, -0.1) is 0 Å². The lowest BCUT2D eigenvalue weighted by atomic mass is 9.89. The Morgan fingerprint density at radius 3 is 2.44 bits per heavy atom. The van der Waals surface area contributed by atoms with Crippen LogP contribution in [0.15, 0.2) is 96.8 Å². The van der Waals surface area contributed by atoms with Crippen LogP contribution >= 0.6 is 0 Å². The Bertz CT molecular complexity index is 1590. The van der Waals surface area contributed by atoms with Gasteiger partial charge in [0.2, 0.25) is 0 Å². The molecule has 6 rings (SSSR count). The lowest BCUT2D eigenvalue weighted by molar-refractivity contribution is -0.132. The number of fused-ring (bicyclic) bond motifs is 1. The average molecular weight is 517 g/mol. The minimum absolute atomic E-state index is 0.0591. The molecule has 1 atom stereocenters. The summed E-state index contributed by atoms with van der Waals surface area (Å²) >= 11 is 0. The van der Waals surface area contributed by atoms with E-state index >= 15 is 0 Å². The standard InChI is InChI=1S/C33H28N2O4/c1-21-6-4-10-28(18-21)39-27-15-13-26(14-16-27)35-30(25-9-5-17-34-20-25)29(32(37)33(35)38)31(36)24-12-11-22-7-2-3-8-23(22)19-24/h4-6,9-20,30,36H,2-3,7-8H2,1H3/b31-29-. The molecular formula is C33H28N2O4. The molecular weight excluding hydrogens is 488 g/mol. The predicted molar refractivity (Wildman–Crippen MR) is 150 cm³/mol. The minimum atomic E-state index is -0.821. The van der Waals surface area contributed by atoms with E-state index < -0.39 is 17.7 Å². The molecule has 1 aliphatic heterocycles. The van der Waals surface area contributed by atoms with Crippen molar-refractivity contribution < 1.29 is 19.4 Å². The Morgan fingerprint density at radius 1 is 0.897 bits per heavy atom. The highest BCUT2D eigenvalue weighted by Crippen LogP contribution is 2.42. The fraction of sp³-hybridized carbons (Fsp3) is 0.182. The predicted octanol–water partition coefficient (Wildman–Crippen LogP) is 6.69. The summed E-state index contributed by atoms with van der Waals surface area (Å²) in [6.45, 7) is 2.00. The maximum Gasteiger partial charge on any atom is 0.300 e. The largest absolute Gasteiger partial charge is 0.507 e. The first-order valence-electron chi connectivity index (χ1n) is 13.2. The number of carbonyl (C=O) groups excluding carboxylic acids is 2. The van der Waals surface area contributed by atoms with E-state index in [-0.39, 0.29) is 11.3 Å². The Hall–Kier alpha value is -4.71. The maximum atomic E-state index is 13.5. The van der Waals surface area contributed by atoms with E-state index in [9.17, 15) is 14.7 Å². The van der Waals surface area contributed by atoms with Crippen LogP contribution in [0.1, 0.15) is 46.7 Å². The summed E-state index contributed by atoms with van der Waals surface area (Å²) in [7, 11) is 0. The molecule has 1 aliphatic carbocycles. The Morgan fingerprint density at radius 2 is 1.69 bits per heavy atom. The highest BCUT2D eigenvalue weighted by molar-refractivity contribution is 6.51. The monoisotopic (exact) mass is 516 g/mol. The molecule has 0 bridgehead atoms. The third-order valence-corrected chi connectivity index (χ3v) is 7.41. The van der Waals surface area contributed by atoms with E-state index in [4.69, 9.17) is 4.74 Å². The fourth-order valence-corrected chi connectivity index (χ4v) is 5.48. The molecule has 0 spiro atoms. The number of nitrogens with zero attached hydrogens (tertiary/aromatic N) is 2. The number of hydrogen-bond acceptors (Lipinski definition) is 5. The van der Waals surface area contributed by atoms with E-state index in [1.54, 1.807) is 42.7 Å². The van der Waals surface area contributed by atoms with E-state index in [0.717, 1.165) is 31.2 Å². The molecule has 4 aromatic rings. The van der Waals surface area contributed by atoms with Crippen molar-refractivity contribution in [3.63, 3.8) is 0 Å². The number of rotatable bonds is 5. The van der Waals surface area contributed by atoms with Gasteiger partial charge in [-0.25, -0.2) is 0 Å². The Labute approximate surface area is 227 Å². The summed E-state index contributed by atoms with van der Waals surface area (Å²) in [6.07, 6.45) is 7.46. The van der Waals surface area contributed by atoms with Crippen molar-refractivity contribution >= 4 is 23.1 Å². The van der Waals surface area contributed by atoms with E-state index in [1.807, 2.05) is 55.5 Å². The Balaban J connectivity index is 1.40. The zero-order valence-corrected chi connectivity index (χ0v) is 21.6. The minimum Gasteiger partial charge on any atom is -0.507 e. The smallest absolute Gasteiger partial charge is 0.300 e. The molecule has 39 heavy (non-hydrogen) atoms. The first-order chi connectivity index (χ1) is 19.0. The van der Waals surface area contributed by atoms with Crippen LogP contribution in [0.2, 0.25) is 0 Å². The van der Waals surface area contributed by atoms with Crippen molar-refractivity contribution in [2.75, 3.05) is 4.90 Å². The van der Waals surface area contributed by atoms with Gasteiger partial charge in [-0.05, 0) is 103 Å². The third-order valence-electron chi connectivity index (χ3n) is 7.41. The summed E-state index contributed by atoms with van der Waals surface area (Å²) in [5.41, 5.74) is 5.30. The Kier molecular flexibility index (Phi) is 6.45. The van der Waals surface area contributed by atoms with Gasteiger partial charge < -0.3 is 9.84 Å². The van der Waals surface area contributed by atoms with E-state index in [2.05, 4.69) is 4.98 Å². The molecule has 1 N–H and O–H groups in total. The summed E-state index contributed by atoms with van der Waals surface area (Å²) in [5.74, 6) is -0.274. The number of carbonyl (C=O) groups is 2. The van der Waals surface area contributed by atoms with Crippen LogP contribution in [0.5, 0.6) is 11.5 Å². The molecule has 1 aromatic heterocycles. The molecule has 194 valence electrons. The van der Waals surface area contributed by atoms with Crippen molar-refractivity contribution in [1.29, 1.82) is 0 Å². The number of benzene rings is 3. The zero-order valence-electron chi connectivity index (χ0n) is 21.6. The number of aliphatic hydroxyl groups excluding tert-OH is 1. The van der Waals surface area contributed by atoms with E-state index in [0.29, 0.717) is 28.3 Å². The van der Waals surface area contributed by atoms with Crippen molar-refractivity contribution in [3.05, 3.63) is 125 Å². The van der Waals surface area contributed by atoms with Gasteiger partial charge in [0.25, 0.3) is 11.7 Å². The van der Waals surface area contributed by atoms with E-state index in [1.165, 1.54) is 16.0 Å². The average Bonchev–Trinajstić information content (AvgIpc) is 3.23. The molecule has 1 fully saturated rings. The molecule has 1 saturated heterocycles. The molecule has 1 amide bonds. The molecule has 1 unspecified atom stereocenters. The number of hydrogen-bond donors (Lipinski definition) is 1. The fourth-order valence-electron chi connectivity index (χ4n) is 5.48. The van der Waals surface area contributed by atoms with Crippen LogP contribution in [0.25, 0.3) is 5.76 Å². The first-order valence-corrected chi connectivity index (χ1v) is 13.2. The number of anilines is 1. The number of pyridine rings is 1. The highest BCUT2D eigenvalue weighted by Gasteiger charge is 2.47. The lowest BCUT2D eigenvalue weighted by Gasteiger charge is -2.25. The van der Waals surface area contributed by atoms with Gasteiger partial charge in [0.1, 0.15) is 17.3 Å². The second-order valence-corrected chi connectivity index (χ2v) is 10.1. The normalized spacial score (nSPS) is 18.2. The number of aliphatic hydroxyl groups is 1. The molecule has 0 saturated carbocycles. The lowest BCUT2D eigenvalue weighted by Crippen LogP contribution is -2.29. The topological polar surface area (TPSA) is 79.7 Å².